The van der Waals surface area contributed by atoms with Crippen LogP contribution in [0.1, 0.15) is 18.9 Å². The quantitative estimate of drug-likeness (QED) is 0.751. The molecule has 0 bridgehead atoms. The van der Waals surface area contributed by atoms with Crippen molar-refractivity contribution in [3.05, 3.63) is 24.0 Å². The van der Waals surface area contributed by atoms with Gasteiger partial charge in [0.1, 0.15) is 12.1 Å². The standard InChI is InChI=1S/C12H12N4O2/c1-2-9-12(18)15-11(17)7-16(9)10-6-14-4-3-8(10)5-13/h3-4,6,9H,2,7H2,1H3,(H,15,17,18). The maximum Gasteiger partial charge on any atom is 0.249 e. The van der Waals surface area contributed by atoms with Crippen LogP contribution in [-0.2, 0) is 9.59 Å². The average molecular weight is 244 g/mol. The summed E-state index contributed by atoms with van der Waals surface area (Å²) in [6, 6.07) is 3.17. The Balaban J connectivity index is 2.43. The Morgan fingerprint density at radius 2 is 2.39 bits per heavy atom. The number of imide groups is 1. The maximum atomic E-state index is 11.7. The molecule has 0 saturated carbocycles. The van der Waals surface area contributed by atoms with Crippen LogP contribution in [0.15, 0.2) is 18.5 Å². The van der Waals surface area contributed by atoms with Gasteiger partial charge in [0.25, 0.3) is 0 Å². The molecule has 1 aromatic heterocycles. The molecular weight excluding hydrogens is 232 g/mol. The van der Waals surface area contributed by atoms with Crippen LogP contribution in [0.2, 0.25) is 0 Å². The molecular formula is C12H12N4O2. The number of hydrogen-bond donors (Lipinski definition) is 1. The lowest BCUT2D eigenvalue weighted by Gasteiger charge is -2.35. The molecule has 0 aromatic carbocycles. The minimum atomic E-state index is -0.445. The number of hydrogen-bond acceptors (Lipinski definition) is 5. The summed E-state index contributed by atoms with van der Waals surface area (Å²) in [7, 11) is 0. The summed E-state index contributed by atoms with van der Waals surface area (Å²) in [4.78, 5) is 28.8. The number of rotatable bonds is 2. The number of nitriles is 1. The SMILES string of the molecule is CCC1C(=O)NC(=O)CN1c1cnccc1C#N. The van der Waals surface area contributed by atoms with Crippen LogP contribution in [0.5, 0.6) is 0 Å². The molecule has 2 heterocycles. The predicted octanol–water partition coefficient (Wildman–Crippen LogP) is 0.195. The highest BCUT2D eigenvalue weighted by Crippen LogP contribution is 2.23. The molecule has 0 spiro atoms. The van der Waals surface area contributed by atoms with Crippen LogP contribution < -0.4 is 10.2 Å². The smallest absolute Gasteiger partial charge is 0.249 e. The van der Waals surface area contributed by atoms with Gasteiger partial charge in [-0.15, -0.1) is 0 Å². The molecule has 1 fully saturated rings. The number of pyridine rings is 1. The molecule has 1 saturated heterocycles. The molecule has 1 aliphatic heterocycles. The van der Waals surface area contributed by atoms with E-state index in [1.54, 1.807) is 11.0 Å². The summed E-state index contributed by atoms with van der Waals surface area (Å²) in [6.07, 6.45) is 3.57. The minimum absolute atomic E-state index is 0.0601. The molecule has 1 N–H and O–H groups in total. The number of aromatic nitrogens is 1. The van der Waals surface area contributed by atoms with E-state index in [-0.39, 0.29) is 18.4 Å². The van der Waals surface area contributed by atoms with Gasteiger partial charge in [0.05, 0.1) is 24.0 Å². The van der Waals surface area contributed by atoms with E-state index < -0.39 is 6.04 Å². The predicted molar refractivity (Wildman–Crippen MR) is 63.5 cm³/mol. The van der Waals surface area contributed by atoms with Gasteiger partial charge < -0.3 is 4.90 Å². The molecule has 6 heteroatoms. The molecule has 2 rings (SSSR count). The van der Waals surface area contributed by atoms with Crippen molar-refractivity contribution in [2.75, 3.05) is 11.4 Å². The zero-order valence-corrected chi connectivity index (χ0v) is 9.88. The number of amides is 2. The van der Waals surface area contributed by atoms with Crippen LogP contribution in [0.3, 0.4) is 0 Å². The zero-order chi connectivity index (χ0) is 13.1. The second-order valence-electron chi connectivity index (χ2n) is 3.97. The molecule has 1 atom stereocenters. The first kappa shape index (κ1) is 12.0. The Kier molecular flexibility index (Phi) is 3.24. The van der Waals surface area contributed by atoms with Gasteiger partial charge >= 0.3 is 0 Å². The summed E-state index contributed by atoms with van der Waals surface area (Å²) in [5, 5.41) is 11.3. The van der Waals surface area contributed by atoms with Crippen molar-refractivity contribution < 1.29 is 9.59 Å². The molecule has 2 amide bonds. The first-order valence-corrected chi connectivity index (χ1v) is 5.61. The van der Waals surface area contributed by atoms with Crippen molar-refractivity contribution in [1.29, 1.82) is 5.26 Å². The van der Waals surface area contributed by atoms with E-state index in [1.165, 1.54) is 12.4 Å². The summed E-state index contributed by atoms with van der Waals surface area (Å²) < 4.78 is 0. The number of nitrogens with one attached hydrogen (secondary N) is 1. The molecule has 1 aromatic rings. The number of anilines is 1. The Hall–Kier alpha value is -2.42. The monoisotopic (exact) mass is 244 g/mol. The van der Waals surface area contributed by atoms with Gasteiger partial charge in [-0.2, -0.15) is 5.26 Å². The summed E-state index contributed by atoms with van der Waals surface area (Å²) in [6.45, 7) is 1.92. The molecule has 1 aliphatic rings. The number of carbonyl (C=O) groups is 2. The van der Waals surface area contributed by atoms with Gasteiger partial charge in [0.2, 0.25) is 11.8 Å². The van der Waals surface area contributed by atoms with Crippen LogP contribution in [0, 0.1) is 11.3 Å². The van der Waals surface area contributed by atoms with Crippen LogP contribution >= 0.6 is 0 Å². The van der Waals surface area contributed by atoms with E-state index in [1.807, 2.05) is 13.0 Å². The van der Waals surface area contributed by atoms with Gasteiger partial charge in [-0.1, -0.05) is 6.92 Å². The van der Waals surface area contributed by atoms with Gasteiger partial charge in [-0.05, 0) is 12.5 Å². The van der Waals surface area contributed by atoms with Crippen LogP contribution in [-0.4, -0.2) is 29.4 Å². The highest BCUT2D eigenvalue weighted by molar-refractivity contribution is 6.04. The third-order valence-corrected chi connectivity index (χ3v) is 2.87. The number of nitrogens with zero attached hydrogens (tertiary/aromatic N) is 3. The lowest BCUT2D eigenvalue weighted by Crippen LogP contribution is -2.58. The minimum Gasteiger partial charge on any atom is -0.348 e. The van der Waals surface area contributed by atoms with E-state index in [0.717, 1.165) is 0 Å². The van der Waals surface area contributed by atoms with Gasteiger partial charge in [0.15, 0.2) is 0 Å². The Morgan fingerprint density at radius 3 is 3.06 bits per heavy atom. The van der Waals surface area contributed by atoms with Crippen molar-refractivity contribution in [2.24, 2.45) is 0 Å². The maximum absolute atomic E-state index is 11.7. The average Bonchev–Trinajstić information content (AvgIpc) is 2.38. The highest BCUT2D eigenvalue weighted by Gasteiger charge is 2.33. The van der Waals surface area contributed by atoms with E-state index >= 15 is 0 Å². The largest absolute Gasteiger partial charge is 0.348 e. The fraction of sp³-hybridized carbons (Fsp3) is 0.333. The normalized spacial score (nSPS) is 19.3. The molecule has 1 unspecified atom stereocenters. The lowest BCUT2D eigenvalue weighted by atomic mass is 10.1. The van der Waals surface area contributed by atoms with Crippen molar-refractivity contribution in [2.45, 2.75) is 19.4 Å². The molecule has 0 aliphatic carbocycles. The van der Waals surface area contributed by atoms with Crippen molar-refractivity contribution in [1.82, 2.24) is 10.3 Å². The lowest BCUT2D eigenvalue weighted by molar-refractivity contribution is -0.132. The van der Waals surface area contributed by atoms with Crippen LogP contribution in [0.25, 0.3) is 0 Å². The fourth-order valence-corrected chi connectivity index (χ4v) is 2.04. The van der Waals surface area contributed by atoms with E-state index in [9.17, 15) is 9.59 Å². The second kappa shape index (κ2) is 4.84. The first-order valence-electron chi connectivity index (χ1n) is 5.61. The summed E-state index contributed by atoms with van der Waals surface area (Å²) in [5.41, 5.74) is 0.931. The second-order valence-corrected chi connectivity index (χ2v) is 3.97. The molecule has 0 radical (unpaired) electrons. The van der Waals surface area contributed by atoms with Crippen molar-refractivity contribution in [3.63, 3.8) is 0 Å². The third kappa shape index (κ3) is 2.02. The fourth-order valence-electron chi connectivity index (χ4n) is 2.04. The number of carbonyl (C=O) groups excluding carboxylic acids is 2. The van der Waals surface area contributed by atoms with Crippen molar-refractivity contribution in [3.8, 4) is 6.07 Å². The van der Waals surface area contributed by atoms with Gasteiger partial charge in [-0.25, -0.2) is 0 Å². The Morgan fingerprint density at radius 1 is 1.61 bits per heavy atom. The van der Waals surface area contributed by atoms with E-state index in [2.05, 4.69) is 10.3 Å². The number of piperazine rings is 1. The first-order chi connectivity index (χ1) is 8.67. The summed E-state index contributed by atoms with van der Waals surface area (Å²) in [5.74, 6) is -0.695. The van der Waals surface area contributed by atoms with Gasteiger partial charge in [0, 0.05) is 6.20 Å². The topological polar surface area (TPSA) is 86.1 Å². The Bertz CT molecular complexity index is 535. The van der Waals surface area contributed by atoms with E-state index in [4.69, 9.17) is 5.26 Å². The Labute approximate surface area is 104 Å². The van der Waals surface area contributed by atoms with E-state index in [0.29, 0.717) is 17.7 Å². The molecule has 92 valence electrons. The van der Waals surface area contributed by atoms with Crippen LogP contribution in [0.4, 0.5) is 5.69 Å². The van der Waals surface area contributed by atoms with Crippen molar-refractivity contribution >= 4 is 17.5 Å². The third-order valence-electron chi connectivity index (χ3n) is 2.87. The molecule has 6 nitrogen and oxygen atoms in total. The van der Waals surface area contributed by atoms with Gasteiger partial charge in [-0.3, -0.25) is 19.9 Å². The molecule has 18 heavy (non-hydrogen) atoms. The summed E-state index contributed by atoms with van der Waals surface area (Å²) >= 11 is 0. The highest BCUT2D eigenvalue weighted by atomic mass is 16.2. The zero-order valence-electron chi connectivity index (χ0n) is 9.88.